The smallest absolute Gasteiger partial charge is 0.417 e. The second-order valence-corrected chi connectivity index (χ2v) is 11.9. The van der Waals surface area contributed by atoms with Crippen molar-refractivity contribution in [3.63, 3.8) is 0 Å². The number of anilines is 1. The Bertz CT molecular complexity index is 1360. The van der Waals surface area contributed by atoms with Crippen molar-refractivity contribution in [2.75, 3.05) is 18.1 Å². The standard InChI is InChI=1S/C33H40F3N3O4/c1-6-7-11-17-38-28-19-26(30(40)39(22(2)3)24-14-9-8-10-15-24)27(33(34,35)36)20-29(28)43-32(4,31(38)41)21-42-25-16-12-13-23(18-25)37-5/h12-13,16,18-20,22,24H,6-11,14-15,17,21H2,1-4H3. The molecule has 1 heterocycles. The number of nitrogens with zero attached hydrogens (tertiary/aromatic N) is 3. The van der Waals surface area contributed by atoms with Gasteiger partial charge in [-0.25, -0.2) is 4.85 Å². The van der Waals surface area contributed by atoms with Crippen molar-refractivity contribution in [2.45, 2.75) is 103 Å². The minimum Gasteiger partial charge on any atom is -0.490 e. The van der Waals surface area contributed by atoms with Crippen LogP contribution in [0, 0.1) is 6.57 Å². The summed E-state index contributed by atoms with van der Waals surface area (Å²) in [6.45, 7) is 14.3. The summed E-state index contributed by atoms with van der Waals surface area (Å²) < 4.78 is 55.6. The summed E-state index contributed by atoms with van der Waals surface area (Å²) >= 11 is 0. The summed E-state index contributed by atoms with van der Waals surface area (Å²) in [5.74, 6) is -0.949. The zero-order valence-corrected chi connectivity index (χ0v) is 25.3. The molecule has 0 saturated heterocycles. The minimum absolute atomic E-state index is 0.130. The zero-order valence-electron chi connectivity index (χ0n) is 25.3. The highest BCUT2D eigenvalue weighted by molar-refractivity contribution is 6.05. The Morgan fingerprint density at radius 1 is 1.19 bits per heavy atom. The molecule has 0 spiro atoms. The van der Waals surface area contributed by atoms with Crippen molar-refractivity contribution >= 4 is 23.2 Å². The molecule has 2 aromatic rings. The van der Waals surface area contributed by atoms with Gasteiger partial charge in [0.2, 0.25) is 5.60 Å². The lowest BCUT2D eigenvalue weighted by molar-refractivity contribution is -0.139. The van der Waals surface area contributed by atoms with Crippen LogP contribution in [0.3, 0.4) is 0 Å². The van der Waals surface area contributed by atoms with Crippen LogP contribution in [0.5, 0.6) is 11.5 Å². The predicted molar refractivity (Wildman–Crippen MR) is 159 cm³/mol. The maximum Gasteiger partial charge on any atom is 0.417 e. The number of ether oxygens (including phenoxy) is 2. The number of halogens is 3. The number of hydrogen-bond donors (Lipinski definition) is 0. The highest BCUT2D eigenvalue weighted by Gasteiger charge is 2.48. The molecule has 232 valence electrons. The molecule has 1 aliphatic carbocycles. The first-order chi connectivity index (χ1) is 20.4. The lowest BCUT2D eigenvalue weighted by Crippen LogP contribution is -2.58. The molecule has 1 fully saturated rings. The van der Waals surface area contributed by atoms with Crippen molar-refractivity contribution < 1.29 is 32.2 Å². The number of rotatable bonds is 10. The van der Waals surface area contributed by atoms with Crippen LogP contribution in [0.2, 0.25) is 0 Å². The molecule has 10 heteroatoms. The van der Waals surface area contributed by atoms with E-state index in [1.54, 1.807) is 23.1 Å². The van der Waals surface area contributed by atoms with E-state index in [9.17, 15) is 22.8 Å². The lowest BCUT2D eigenvalue weighted by Gasteiger charge is -2.41. The average molecular weight is 600 g/mol. The molecular formula is C33H40F3N3O4. The third kappa shape index (κ3) is 7.09. The normalized spacial score (nSPS) is 19.0. The molecule has 7 nitrogen and oxygen atoms in total. The summed E-state index contributed by atoms with van der Waals surface area (Å²) in [6, 6.07) is 8.02. The van der Waals surface area contributed by atoms with E-state index < -0.39 is 34.7 Å². The van der Waals surface area contributed by atoms with Crippen LogP contribution in [0.15, 0.2) is 36.4 Å². The van der Waals surface area contributed by atoms with Crippen LogP contribution < -0.4 is 14.4 Å². The highest BCUT2D eigenvalue weighted by Crippen LogP contribution is 2.45. The second-order valence-electron chi connectivity index (χ2n) is 11.9. The molecule has 0 radical (unpaired) electrons. The van der Waals surface area contributed by atoms with E-state index in [-0.39, 0.29) is 36.7 Å². The van der Waals surface area contributed by atoms with E-state index in [0.717, 1.165) is 51.0 Å². The Labute approximate surface area is 251 Å². The van der Waals surface area contributed by atoms with Crippen molar-refractivity contribution in [1.82, 2.24) is 4.90 Å². The van der Waals surface area contributed by atoms with Crippen LogP contribution in [-0.4, -0.2) is 47.6 Å². The number of alkyl halides is 3. The van der Waals surface area contributed by atoms with Crippen molar-refractivity contribution in [1.29, 1.82) is 0 Å². The van der Waals surface area contributed by atoms with Crippen LogP contribution in [-0.2, 0) is 11.0 Å². The third-order valence-corrected chi connectivity index (χ3v) is 8.16. The van der Waals surface area contributed by atoms with Gasteiger partial charge in [-0.1, -0.05) is 51.2 Å². The van der Waals surface area contributed by atoms with E-state index in [4.69, 9.17) is 16.0 Å². The lowest BCUT2D eigenvalue weighted by atomic mass is 9.92. The van der Waals surface area contributed by atoms with E-state index in [2.05, 4.69) is 4.85 Å². The van der Waals surface area contributed by atoms with E-state index in [1.165, 1.54) is 24.0 Å². The molecule has 2 amide bonds. The van der Waals surface area contributed by atoms with Gasteiger partial charge < -0.3 is 19.3 Å². The fourth-order valence-corrected chi connectivity index (χ4v) is 5.97. The molecule has 0 aromatic heterocycles. The SMILES string of the molecule is [C-]#[N+]c1cccc(OCC2(C)Oc3cc(C(F)(F)F)c(C(=O)N(C(C)C)C4CCCCC4)cc3N(CCCCC)C2=O)c1. The highest BCUT2D eigenvalue weighted by atomic mass is 19.4. The molecule has 0 N–H and O–H groups in total. The molecule has 1 aliphatic heterocycles. The number of fused-ring (bicyclic) bond motifs is 1. The molecular weight excluding hydrogens is 559 g/mol. The summed E-state index contributed by atoms with van der Waals surface area (Å²) in [5, 5.41) is 0. The average Bonchev–Trinajstić information content (AvgIpc) is 2.97. The van der Waals surface area contributed by atoms with Gasteiger partial charge in [0, 0.05) is 18.6 Å². The van der Waals surface area contributed by atoms with Gasteiger partial charge in [0.1, 0.15) is 18.1 Å². The molecule has 1 saturated carbocycles. The summed E-state index contributed by atoms with van der Waals surface area (Å²) in [4.78, 5) is 34.3. The Morgan fingerprint density at radius 3 is 2.53 bits per heavy atom. The third-order valence-electron chi connectivity index (χ3n) is 8.16. The van der Waals surface area contributed by atoms with Gasteiger partial charge >= 0.3 is 6.18 Å². The second kappa shape index (κ2) is 13.3. The first kappa shape index (κ1) is 32.2. The first-order valence-electron chi connectivity index (χ1n) is 15.1. The number of amides is 2. The van der Waals surface area contributed by atoms with Gasteiger partial charge in [-0.05, 0) is 64.3 Å². The zero-order chi connectivity index (χ0) is 31.4. The van der Waals surface area contributed by atoms with Gasteiger partial charge in [-0.3, -0.25) is 9.59 Å². The first-order valence-corrected chi connectivity index (χ1v) is 15.1. The molecule has 4 rings (SSSR count). The summed E-state index contributed by atoms with van der Waals surface area (Å²) in [6.07, 6.45) is 1.87. The van der Waals surface area contributed by atoms with Gasteiger partial charge in [0.25, 0.3) is 11.8 Å². The van der Waals surface area contributed by atoms with Crippen LogP contribution >= 0.6 is 0 Å². The van der Waals surface area contributed by atoms with Crippen LogP contribution in [0.4, 0.5) is 24.5 Å². The summed E-state index contributed by atoms with van der Waals surface area (Å²) in [5.41, 5.74) is -2.71. The van der Waals surface area contributed by atoms with Gasteiger partial charge in [-0.2, -0.15) is 13.2 Å². The van der Waals surface area contributed by atoms with Crippen LogP contribution in [0.1, 0.15) is 95.0 Å². The fourth-order valence-electron chi connectivity index (χ4n) is 5.97. The molecule has 0 bridgehead atoms. The molecule has 2 aliphatic rings. The maximum atomic E-state index is 14.6. The predicted octanol–water partition coefficient (Wildman–Crippen LogP) is 8.19. The Hall–Kier alpha value is -3.74. The number of carbonyl (C=O) groups excluding carboxylic acids is 2. The number of unbranched alkanes of at least 4 members (excludes halogenated alkanes) is 2. The van der Waals surface area contributed by atoms with Gasteiger partial charge in [0.05, 0.1) is 23.4 Å². The fraction of sp³-hybridized carbons (Fsp3) is 0.545. The Kier molecular flexibility index (Phi) is 9.93. The topological polar surface area (TPSA) is 63.4 Å². The van der Waals surface area contributed by atoms with E-state index >= 15 is 0 Å². The van der Waals surface area contributed by atoms with Gasteiger partial charge in [-0.15, -0.1) is 0 Å². The Morgan fingerprint density at radius 2 is 1.91 bits per heavy atom. The van der Waals surface area contributed by atoms with Crippen LogP contribution in [0.25, 0.3) is 4.85 Å². The monoisotopic (exact) mass is 599 g/mol. The molecule has 2 aromatic carbocycles. The number of benzene rings is 2. The van der Waals surface area contributed by atoms with E-state index in [0.29, 0.717) is 17.9 Å². The van der Waals surface area contributed by atoms with E-state index in [1.807, 2.05) is 20.8 Å². The van der Waals surface area contributed by atoms with Crippen molar-refractivity contribution in [2.24, 2.45) is 0 Å². The maximum absolute atomic E-state index is 14.6. The number of hydrogen-bond acceptors (Lipinski definition) is 4. The molecule has 43 heavy (non-hydrogen) atoms. The number of carbonyl (C=O) groups is 2. The largest absolute Gasteiger partial charge is 0.490 e. The van der Waals surface area contributed by atoms with Crippen molar-refractivity contribution in [3.8, 4) is 11.5 Å². The van der Waals surface area contributed by atoms with Crippen molar-refractivity contribution in [3.05, 3.63) is 58.9 Å². The Balaban J connectivity index is 1.77. The minimum atomic E-state index is -4.83. The quantitative estimate of drug-likeness (QED) is 0.204. The summed E-state index contributed by atoms with van der Waals surface area (Å²) in [7, 11) is 0. The molecule has 1 unspecified atom stereocenters. The van der Waals surface area contributed by atoms with Gasteiger partial charge in [0.15, 0.2) is 5.69 Å². The molecule has 1 atom stereocenters.